The topological polar surface area (TPSA) is 77.5 Å². The maximum Gasteiger partial charge on any atom is 0.360 e. The van der Waals surface area contributed by atoms with Crippen LogP contribution >= 0.6 is 0 Å². The number of nitrogens with zero attached hydrogens (tertiary/aromatic N) is 4. The summed E-state index contributed by atoms with van der Waals surface area (Å²) in [5, 5.41) is 8.50. The normalized spacial score (nSPS) is 11.2. The van der Waals surface area contributed by atoms with Crippen molar-refractivity contribution in [1.29, 1.82) is 0 Å². The number of aryl methyl sites for hydroxylation is 1. The van der Waals surface area contributed by atoms with Crippen molar-refractivity contribution in [3.63, 3.8) is 0 Å². The third-order valence-corrected chi connectivity index (χ3v) is 3.62. The Morgan fingerprint density at radius 1 is 1.08 bits per heavy atom. The molecule has 0 bridgehead atoms. The standard InChI is InChI=1S/C19H20N4O3/c1-4-25-15-9-7-14(8-10-15)21-22-18-17(19(24)26-5-2)20-16-11-6-13(3)12-23(16)18/h6-12H,4-5H2,1-3H3. The molecule has 0 aliphatic rings. The lowest BCUT2D eigenvalue weighted by atomic mass is 10.3. The van der Waals surface area contributed by atoms with E-state index in [4.69, 9.17) is 9.47 Å². The Morgan fingerprint density at radius 3 is 2.54 bits per heavy atom. The van der Waals surface area contributed by atoms with Crippen LogP contribution in [0.4, 0.5) is 11.5 Å². The van der Waals surface area contributed by atoms with Gasteiger partial charge < -0.3 is 9.47 Å². The SMILES string of the molecule is CCOC(=O)c1nc2ccc(C)cn2c1N=Nc1ccc(OCC)cc1. The number of rotatable bonds is 6. The number of ether oxygens (including phenoxy) is 2. The van der Waals surface area contributed by atoms with E-state index in [0.29, 0.717) is 23.8 Å². The average molecular weight is 352 g/mol. The van der Waals surface area contributed by atoms with Crippen LogP contribution in [0.3, 0.4) is 0 Å². The molecular weight excluding hydrogens is 332 g/mol. The van der Waals surface area contributed by atoms with E-state index < -0.39 is 5.97 Å². The number of hydrogen-bond donors (Lipinski definition) is 0. The number of pyridine rings is 1. The quantitative estimate of drug-likeness (QED) is 0.478. The molecule has 0 fully saturated rings. The van der Waals surface area contributed by atoms with Crippen molar-refractivity contribution in [1.82, 2.24) is 9.38 Å². The third-order valence-electron chi connectivity index (χ3n) is 3.62. The van der Waals surface area contributed by atoms with Gasteiger partial charge in [-0.2, -0.15) is 0 Å². The van der Waals surface area contributed by atoms with E-state index in [2.05, 4.69) is 15.2 Å². The van der Waals surface area contributed by atoms with Gasteiger partial charge in [0.1, 0.15) is 11.4 Å². The van der Waals surface area contributed by atoms with Crippen LogP contribution in [0.1, 0.15) is 29.9 Å². The minimum atomic E-state index is -0.519. The van der Waals surface area contributed by atoms with E-state index in [1.54, 1.807) is 23.5 Å². The Hall–Kier alpha value is -3.22. The highest BCUT2D eigenvalue weighted by Gasteiger charge is 2.20. The van der Waals surface area contributed by atoms with Gasteiger partial charge in [-0.25, -0.2) is 9.78 Å². The molecule has 0 aliphatic carbocycles. The van der Waals surface area contributed by atoms with Crippen LogP contribution in [0.5, 0.6) is 5.75 Å². The molecular formula is C19H20N4O3. The van der Waals surface area contributed by atoms with E-state index in [-0.39, 0.29) is 12.3 Å². The van der Waals surface area contributed by atoms with Gasteiger partial charge in [0.05, 0.1) is 18.9 Å². The number of esters is 1. The summed E-state index contributed by atoms with van der Waals surface area (Å²) in [7, 11) is 0. The Bertz CT molecular complexity index is 945. The number of aromatic nitrogens is 2. The van der Waals surface area contributed by atoms with Gasteiger partial charge in [0.2, 0.25) is 0 Å². The van der Waals surface area contributed by atoms with Crippen molar-refractivity contribution >= 4 is 23.1 Å². The predicted molar refractivity (Wildman–Crippen MR) is 97.7 cm³/mol. The first-order valence-corrected chi connectivity index (χ1v) is 8.42. The molecule has 0 radical (unpaired) electrons. The summed E-state index contributed by atoms with van der Waals surface area (Å²) in [4.78, 5) is 16.6. The lowest BCUT2D eigenvalue weighted by molar-refractivity contribution is 0.0521. The van der Waals surface area contributed by atoms with Gasteiger partial charge in [0, 0.05) is 6.20 Å². The van der Waals surface area contributed by atoms with Crippen molar-refractivity contribution < 1.29 is 14.3 Å². The molecule has 134 valence electrons. The second-order valence-corrected chi connectivity index (χ2v) is 5.57. The summed E-state index contributed by atoms with van der Waals surface area (Å²) in [5.74, 6) is 0.592. The number of benzene rings is 1. The zero-order chi connectivity index (χ0) is 18.5. The molecule has 0 spiro atoms. The van der Waals surface area contributed by atoms with Crippen LogP contribution in [0, 0.1) is 6.92 Å². The lowest BCUT2D eigenvalue weighted by Crippen LogP contribution is -2.05. The molecule has 0 N–H and O–H groups in total. The molecule has 7 nitrogen and oxygen atoms in total. The smallest absolute Gasteiger partial charge is 0.360 e. The number of carbonyl (C=O) groups is 1. The fourth-order valence-corrected chi connectivity index (χ4v) is 2.45. The summed E-state index contributed by atoms with van der Waals surface area (Å²) < 4.78 is 12.2. The molecule has 0 aliphatic heterocycles. The highest BCUT2D eigenvalue weighted by Crippen LogP contribution is 2.26. The predicted octanol–water partition coefficient (Wildman–Crippen LogP) is 4.63. The van der Waals surface area contributed by atoms with E-state index in [9.17, 15) is 4.79 Å². The summed E-state index contributed by atoms with van der Waals surface area (Å²) >= 11 is 0. The highest BCUT2D eigenvalue weighted by molar-refractivity contribution is 5.93. The van der Waals surface area contributed by atoms with Crippen molar-refractivity contribution in [3.8, 4) is 5.75 Å². The summed E-state index contributed by atoms with van der Waals surface area (Å²) in [6.07, 6.45) is 1.86. The Morgan fingerprint density at radius 2 is 1.85 bits per heavy atom. The second kappa shape index (κ2) is 7.77. The van der Waals surface area contributed by atoms with Gasteiger partial charge in [-0.3, -0.25) is 4.40 Å². The van der Waals surface area contributed by atoms with Crippen molar-refractivity contribution in [2.24, 2.45) is 10.2 Å². The van der Waals surface area contributed by atoms with Crippen molar-refractivity contribution in [3.05, 3.63) is 53.9 Å². The zero-order valence-electron chi connectivity index (χ0n) is 15.0. The average Bonchev–Trinajstić information content (AvgIpc) is 2.99. The van der Waals surface area contributed by atoms with Crippen molar-refractivity contribution in [2.45, 2.75) is 20.8 Å². The van der Waals surface area contributed by atoms with Gasteiger partial charge in [-0.15, -0.1) is 10.2 Å². The Labute approximate surface area is 151 Å². The Kier molecular flexibility index (Phi) is 5.26. The van der Waals surface area contributed by atoms with Crippen LogP contribution in [-0.2, 0) is 4.74 Å². The van der Waals surface area contributed by atoms with Gasteiger partial charge in [-0.1, -0.05) is 6.07 Å². The van der Waals surface area contributed by atoms with Gasteiger partial charge in [0.25, 0.3) is 0 Å². The van der Waals surface area contributed by atoms with E-state index >= 15 is 0 Å². The van der Waals surface area contributed by atoms with Crippen LogP contribution in [-0.4, -0.2) is 28.6 Å². The van der Waals surface area contributed by atoms with E-state index in [1.807, 2.05) is 44.3 Å². The summed E-state index contributed by atoms with van der Waals surface area (Å²) in [6.45, 7) is 6.50. The molecule has 0 saturated carbocycles. The molecule has 26 heavy (non-hydrogen) atoms. The monoisotopic (exact) mass is 352 g/mol. The molecule has 0 atom stereocenters. The molecule has 3 rings (SSSR count). The Balaban J connectivity index is 2.00. The van der Waals surface area contributed by atoms with Crippen molar-refractivity contribution in [2.75, 3.05) is 13.2 Å². The number of imidazole rings is 1. The van der Waals surface area contributed by atoms with Gasteiger partial charge >= 0.3 is 5.97 Å². The maximum absolute atomic E-state index is 12.2. The molecule has 2 heterocycles. The van der Waals surface area contributed by atoms with Crippen LogP contribution < -0.4 is 4.74 Å². The molecule has 2 aromatic heterocycles. The minimum Gasteiger partial charge on any atom is -0.494 e. The summed E-state index contributed by atoms with van der Waals surface area (Å²) in [5.41, 5.74) is 2.42. The molecule has 1 aromatic carbocycles. The number of carbonyl (C=O) groups excluding carboxylic acids is 1. The van der Waals surface area contributed by atoms with E-state index in [0.717, 1.165) is 11.3 Å². The maximum atomic E-state index is 12.2. The molecule has 0 saturated heterocycles. The fourth-order valence-electron chi connectivity index (χ4n) is 2.45. The van der Waals surface area contributed by atoms with Crippen LogP contribution in [0.2, 0.25) is 0 Å². The largest absolute Gasteiger partial charge is 0.494 e. The minimum absolute atomic E-state index is 0.145. The van der Waals surface area contributed by atoms with Crippen LogP contribution in [0.25, 0.3) is 5.65 Å². The fraction of sp³-hybridized carbons (Fsp3) is 0.263. The van der Waals surface area contributed by atoms with E-state index in [1.165, 1.54) is 0 Å². The molecule has 3 aromatic rings. The third kappa shape index (κ3) is 3.72. The first-order chi connectivity index (χ1) is 12.6. The van der Waals surface area contributed by atoms with Gasteiger partial charge in [-0.05, 0) is 56.7 Å². The summed E-state index contributed by atoms with van der Waals surface area (Å²) in [6, 6.07) is 11.0. The number of azo groups is 1. The number of hydrogen-bond acceptors (Lipinski definition) is 6. The number of fused-ring (bicyclic) bond motifs is 1. The van der Waals surface area contributed by atoms with Gasteiger partial charge in [0.15, 0.2) is 11.5 Å². The molecule has 0 amide bonds. The first kappa shape index (κ1) is 17.6. The molecule has 0 unspecified atom stereocenters. The first-order valence-electron chi connectivity index (χ1n) is 8.42. The van der Waals surface area contributed by atoms with Crippen LogP contribution in [0.15, 0.2) is 52.8 Å². The highest BCUT2D eigenvalue weighted by atomic mass is 16.5. The molecule has 7 heteroatoms. The second-order valence-electron chi connectivity index (χ2n) is 5.57. The zero-order valence-corrected chi connectivity index (χ0v) is 15.0. The lowest BCUT2D eigenvalue weighted by Gasteiger charge is -2.02.